The highest BCUT2D eigenvalue weighted by Gasteiger charge is 2.33. The highest BCUT2D eigenvalue weighted by molar-refractivity contribution is 5.38. The molecule has 0 amide bonds. The van der Waals surface area contributed by atoms with Gasteiger partial charge in [-0.15, -0.1) is 0 Å². The van der Waals surface area contributed by atoms with E-state index in [0.717, 1.165) is 0 Å². The fourth-order valence-corrected chi connectivity index (χ4v) is 2.72. The molecule has 0 spiro atoms. The van der Waals surface area contributed by atoms with E-state index in [2.05, 4.69) is 68.8 Å². The molecule has 2 aromatic rings. The minimum Gasteiger partial charge on any atom is -0.0590 e. The van der Waals surface area contributed by atoms with E-state index in [-0.39, 0.29) is 0 Å². The molecule has 18 heavy (non-hydrogen) atoms. The molecule has 1 saturated carbocycles. The Balaban J connectivity index is 1.83. The summed E-state index contributed by atoms with van der Waals surface area (Å²) in [5, 5.41) is 0. The molecule has 2 unspecified atom stereocenters. The summed E-state index contributed by atoms with van der Waals surface area (Å²) in [5.41, 5.74) is 5.62. The lowest BCUT2D eigenvalue weighted by Gasteiger charge is -2.37. The fourth-order valence-electron chi connectivity index (χ4n) is 2.72. The summed E-state index contributed by atoms with van der Waals surface area (Å²) in [6, 6.07) is 18.0. The zero-order chi connectivity index (χ0) is 12.5. The molecule has 3 rings (SSSR count). The van der Waals surface area contributed by atoms with Crippen LogP contribution in [-0.2, 0) is 0 Å². The van der Waals surface area contributed by atoms with Gasteiger partial charge in [-0.05, 0) is 49.7 Å². The number of hydrogen-bond acceptors (Lipinski definition) is 0. The topological polar surface area (TPSA) is 0 Å². The summed E-state index contributed by atoms with van der Waals surface area (Å²) in [5.74, 6) is 1.28. The third-order valence-corrected chi connectivity index (χ3v) is 4.05. The van der Waals surface area contributed by atoms with Gasteiger partial charge in [0.1, 0.15) is 0 Å². The van der Waals surface area contributed by atoms with E-state index in [1.807, 2.05) is 0 Å². The first-order valence-corrected chi connectivity index (χ1v) is 6.70. The van der Waals surface area contributed by atoms with E-state index in [9.17, 15) is 0 Å². The van der Waals surface area contributed by atoms with Crippen molar-refractivity contribution in [1.29, 1.82) is 0 Å². The SMILES string of the molecule is Cc1ccc(C2[CH]CC2c2ccc(C)cc2)cc1. The quantitative estimate of drug-likeness (QED) is 0.702. The third-order valence-electron chi connectivity index (χ3n) is 4.05. The maximum Gasteiger partial charge on any atom is -0.00616 e. The molecular weight excluding hydrogens is 216 g/mol. The summed E-state index contributed by atoms with van der Waals surface area (Å²) < 4.78 is 0. The Morgan fingerprint density at radius 1 is 0.722 bits per heavy atom. The van der Waals surface area contributed by atoms with Gasteiger partial charge >= 0.3 is 0 Å². The molecule has 1 aliphatic rings. The molecule has 0 N–H and O–H groups in total. The third kappa shape index (κ3) is 2.08. The molecule has 2 aromatic carbocycles. The van der Waals surface area contributed by atoms with Gasteiger partial charge in [0.05, 0.1) is 0 Å². The zero-order valence-corrected chi connectivity index (χ0v) is 11.1. The molecule has 1 radical (unpaired) electrons. The van der Waals surface area contributed by atoms with Gasteiger partial charge in [0.2, 0.25) is 0 Å². The maximum atomic E-state index is 2.44. The average molecular weight is 235 g/mol. The number of benzene rings is 2. The highest BCUT2D eigenvalue weighted by Crippen LogP contribution is 2.48. The lowest BCUT2D eigenvalue weighted by molar-refractivity contribution is 0.460. The van der Waals surface area contributed by atoms with Gasteiger partial charge in [0, 0.05) is 0 Å². The maximum absolute atomic E-state index is 2.44. The predicted molar refractivity (Wildman–Crippen MR) is 76.8 cm³/mol. The molecule has 0 aromatic heterocycles. The molecular formula is C18H19. The van der Waals surface area contributed by atoms with E-state index >= 15 is 0 Å². The molecule has 1 aliphatic carbocycles. The van der Waals surface area contributed by atoms with Crippen LogP contribution < -0.4 is 0 Å². The van der Waals surface area contributed by atoms with Crippen molar-refractivity contribution in [2.24, 2.45) is 0 Å². The Kier molecular flexibility index (Phi) is 2.95. The van der Waals surface area contributed by atoms with E-state index in [1.165, 1.54) is 28.7 Å². The van der Waals surface area contributed by atoms with Crippen LogP contribution in [0.25, 0.3) is 0 Å². The Morgan fingerprint density at radius 2 is 1.22 bits per heavy atom. The van der Waals surface area contributed by atoms with E-state index in [0.29, 0.717) is 11.8 Å². The van der Waals surface area contributed by atoms with Gasteiger partial charge in [0.25, 0.3) is 0 Å². The summed E-state index contributed by atoms with van der Waals surface area (Å²) in [6.45, 7) is 4.29. The van der Waals surface area contributed by atoms with Crippen molar-refractivity contribution in [1.82, 2.24) is 0 Å². The Labute approximate surface area is 110 Å². The monoisotopic (exact) mass is 235 g/mol. The molecule has 0 heterocycles. The smallest absolute Gasteiger partial charge is 0.00616 e. The van der Waals surface area contributed by atoms with Crippen LogP contribution in [-0.4, -0.2) is 0 Å². The van der Waals surface area contributed by atoms with Crippen molar-refractivity contribution in [2.75, 3.05) is 0 Å². The highest BCUT2D eigenvalue weighted by atomic mass is 14.4. The summed E-state index contributed by atoms with van der Waals surface area (Å²) >= 11 is 0. The summed E-state index contributed by atoms with van der Waals surface area (Å²) in [6.07, 6.45) is 3.65. The second kappa shape index (κ2) is 4.61. The minimum atomic E-state index is 0.605. The molecule has 91 valence electrons. The van der Waals surface area contributed by atoms with Crippen molar-refractivity contribution in [3.05, 3.63) is 77.2 Å². The first kappa shape index (κ1) is 11.5. The van der Waals surface area contributed by atoms with Crippen molar-refractivity contribution in [2.45, 2.75) is 32.1 Å². The summed E-state index contributed by atoms with van der Waals surface area (Å²) in [4.78, 5) is 0. The number of rotatable bonds is 2. The van der Waals surface area contributed by atoms with Crippen LogP contribution in [0.2, 0.25) is 0 Å². The van der Waals surface area contributed by atoms with Gasteiger partial charge < -0.3 is 0 Å². The first-order chi connectivity index (χ1) is 8.74. The van der Waals surface area contributed by atoms with Crippen molar-refractivity contribution < 1.29 is 0 Å². The van der Waals surface area contributed by atoms with E-state index < -0.39 is 0 Å². The van der Waals surface area contributed by atoms with E-state index in [1.54, 1.807) is 0 Å². The average Bonchev–Trinajstić information content (AvgIpc) is 2.33. The van der Waals surface area contributed by atoms with E-state index in [4.69, 9.17) is 0 Å². The Bertz CT molecular complexity index is 467. The molecule has 2 atom stereocenters. The van der Waals surface area contributed by atoms with Crippen LogP contribution in [0.1, 0.15) is 40.5 Å². The predicted octanol–water partition coefficient (Wildman–Crippen LogP) is 4.78. The van der Waals surface area contributed by atoms with Crippen LogP contribution in [0.15, 0.2) is 48.5 Å². The largest absolute Gasteiger partial charge is 0.0590 e. The first-order valence-electron chi connectivity index (χ1n) is 6.70. The van der Waals surface area contributed by atoms with Crippen molar-refractivity contribution in [3.63, 3.8) is 0 Å². The van der Waals surface area contributed by atoms with Gasteiger partial charge in [-0.25, -0.2) is 0 Å². The second-order valence-electron chi connectivity index (χ2n) is 5.43. The summed E-state index contributed by atoms with van der Waals surface area (Å²) in [7, 11) is 0. The molecule has 0 heteroatoms. The molecule has 0 aliphatic heterocycles. The van der Waals surface area contributed by atoms with Crippen LogP contribution in [0, 0.1) is 20.3 Å². The fraction of sp³-hybridized carbons (Fsp3) is 0.278. The van der Waals surface area contributed by atoms with Gasteiger partial charge in [0.15, 0.2) is 0 Å². The van der Waals surface area contributed by atoms with Crippen LogP contribution in [0.5, 0.6) is 0 Å². The lowest BCUT2D eigenvalue weighted by atomic mass is 9.67. The number of aryl methyl sites for hydroxylation is 2. The normalized spacial score (nSPS) is 22.6. The second-order valence-corrected chi connectivity index (χ2v) is 5.43. The van der Waals surface area contributed by atoms with Gasteiger partial charge in [-0.3, -0.25) is 0 Å². The standard InChI is InChI=1S/C18H19/c1-13-3-7-15(8-4-13)17-11-12-18(17)16-9-5-14(2)6-10-16/h3-11,17-18H,12H2,1-2H3. The molecule has 0 nitrogen and oxygen atoms in total. The Hall–Kier alpha value is -1.56. The molecule has 0 saturated heterocycles. The van der Waals surface area contributed by atoms with Gasteiger partial charge in [-0.1, -0.05) is 59.7 Å². The Morgan fingerprint density at radius 3 is 1.67 bits per heavy atom. The zero-order valence-electron chi connectivity index (χ0n) is 11.1. The van der Waals surface area contributed by atoms with Crippen LogP contribution in [0.4, 0.5) is 0 Å². The van der Waals surface area contributed by atoms with Crippen molar-refractivity contribution >= 4 is 0 Å². The minimum absolute atomic E-state index is 0.605. The molecule has 1 fully saturated rings. The lowest BCUT2D eigenvalue weighted by Crippen LogP contribution is -2.22. The van der Waals surface area contributed by atoms with Gasteiger partial charge in [-0.2, -0.15) is 0 Å². The van der Waals surface area contributed by atoms with Crippen LogP contribution in [0.3, 0.4) is 0 Å². The van der Waals surface area contributed by atoms with Crippen molar-refractivity contribution in [3.8, 4) is 0 Å². The van der Waals surface area contributed by atoms with Crippen LogP contribution >= 0.6 is 0 Å². The number of hydrogen-bond donors (Lipinski definition) is 0. The molecule has 0 bridgehead atoms.